The van der Waals surface area contributed by atoms with Gasteiger partial charge in [0.1, 0.15) is 0 Å². The summed E-state index contributed by atoms with van der Waals surface area (Å²) in [5.41, 5.74) is 1.56. The number of rotatable bonds is 6. The van der Waals surface area contributed by atoms with E-state index in [1.807, 2.05) is 0 Å². The van der Waals surface area contributed by atoms with Crippen LogP contribution in [0, 0.1) is 0 Å². The quantitative estimate of drug-likeness (QED) is 0.598. The van der Waals surface area contributed by atoms with Gasteiger partial charge in [-0.05, 0) is 39.5 Å². The average Bonchev–Trinajstić information content (AvgIpc) is 3.29. The Balaban J connectivity index is 2.06. The van der Waals surface area contributed by atoms with Gasteiger partial charge in [-0.15, -0.1) is 0 Å². The van der Waals surface area contributed by atoms with Gasteiger partial charge in [-0.1, -0.05) is 44.9 Å². The van der Waals surface area contributed by atoms with Crippen molar-refractivity contribution in [3.05, 3.63) is 0 Å². The summed E-state index contributed by atoms with van der Waals surface area (Å²) in [6.07, 6.45) is 15.4. The second kappa shape index (κ2) is 8.55. The van der Waals surface area contributed by atoms with Gasteiger partial charge >= 0.3 is 8.56 Å². The second-order valence-corrected chi connectivity index (χ2v) is 10.3. The van der Waals surface area contributed by atoms with Crippen molar-refractivity contribution in [2.24, 2.45) is 0 Å². The first-order valence-corrected chi connectivity index (χ1v) is 11.1. The van der Waals surface area contributed by atoms with Crippen LogP contribution < -0.4 is 0 Å². The van der Waals surface area contributed by atoms with Crippen molar-refractivity contribution >= 4 is 8.56 Å². The topological polar surface area (TPSA) is 18.5 Å². The van der Waals surface area contributed by atoms with E-state index in [9.17, 15) is 0 Å². The lowest BCUT2D eigenvalue weighted by Crippen LogP contribution is -2.48. The van der Waals surface area contributed by atoms with Crippen LogP contribution in [0.4, 0.5) is 0 Å². The third kappa shape index (κ3) is 4.31. The highest BCUT2D eigenvalue weighted by Gasteiger charge is 2.56. The molecule has 0 N–H and O–H groups in total. The van der Waals surface area contributed by atoms with Crippen molar-refractivity contribution in [3.8, 4) is 0 Å². The number of hydrogen-bond acceptors (Lipinski definition) is 2. The normalized spacial score (nSPS) is 23.7. The van der Waals surface area contributed by atoms with Crippen LogP contribution in [0.25, 0.3) is 0 Å². The highest BCUT2D eigenvalue weighted by Crippen LogP contribution is 2.53. The molecule has 0 bridgehead atoms. The Hall–Kier alpha value is 0.137. The van der Waals surface area contributed by atoms with Gasteiger partial charge in [0.2, 0.25) is 0 Å². The summed E-state index contributed by atoms with van der Waals surface area (Å²) in [6.45, 7) is 6.01. The molecule has 0 radical (unpaired) electrons. The molecular formula is C17H34O2Si. The van der Waals surface area contributed by atoms with Crippen LogP contribution in [0.15, 0.2) is 0 Å². The van der Waals surface area contributed by atoms with E-state index in [2.05, 4.69) is 13.8 Å². The van der Waals surface area contributed by atoms with Crippen molar-refractivity contribution in [2.75, 3.05) is 13.2 Å². The smallest absolute Gasteiger partial charge is 0.344 e. The largest absolute Gasteiger partial charge is 0.394 e. The Morgan fingerprint density at radius 1 is 0.650 bits per heavy atom. The molecule has 2 rings (SSSR count). The summed E-state index contributed by atoms with van der Waals surface area (Å²) in [6, 6.07) is 0. The van der Waals surface area contributed by atoms with E-state index in [0.29, 0.717) is 0 Å². The standard InChI is InChI=1S/C17H34O2Si/c1-3-18-20(19-4-2,17-14-15-17)16-12-10-8-6-5-7-9-11-13-16/h16-17H,3-15H2,1-2H3. The van der Waals surface area contributed by atoms with Crippen LogP contribution in [-0.4, -0.2) is 21.8 Å². The first kappa shape index (κ1) is 16.5. The molecule has 0 aliphatic heterocycles. The van der Waals surface area contributed by atoms with Crippen LogP contribution in [0.2, 0.25) is 11.1 Å². The molecule has 118 valence electrons. The SMILES string of the molecule is CCO[Si](OCC)(C1CCCCCCCCC1)C1CC1. The Kier molecular flexibility index (Phi) is 7.06. The van der Waals surface area contributed by atoms with Crippen molar-refractivity contribution in [2.45, 2.75) is 95.6 Å². The third-order valence-electron chi connectivity index (χ3n) is 5.06. The van der Waals surface area contributed by atoms with Crippen LogP contribution in [0.3, 0.4) is 0 Å². The van der Waals surface area contributed by atoms with E-state index < -0.39 is 8.56 Å². The molecule has 0 unspecified atom stereocenters. The summed E-state index contributed by atoms with van der Waals surface area (Å²) >= 11 is 0. The monoisotopic (exact) mass is 298 g/mol. The lowest BCUT2D eigenvalue weighted by Gasteiger charge is -2.38. The lowest BCUT2D eigenvalue weighted by molar-refractivity contribution is 0.165. The highest BCUT2D eigenvalue weighted by atomic mass is 28.4. The van der Waals surface area contributed by atoms with Gasteiger partial charge in [-0.3, -0.25) is 0 Å². The van der Waals surface area contributed by atoms with E-state index in [4.69, 9.17) is 8.85 Å². The molecular weight excluding hydrogens is 264 g/mol. The lowest BCUT2D eigenvalue weighted by atomic mass is 10.0. The maximum absolute atomic E-state index is 6.42. The first-order valence-electron chi connectivity index (χ1n) is 9.11. The molecule has 2 nitrogen and oxygen atoms in total. The third-order valence-corrected chi connectivity index (χ3v) is 9.97. The molecule has 0 saturated heterocycles. The van der Waals surface area contributed by atoms with Gasteiger partial charge in [0.25, 0.3) is 0 Å². The minimum atomic E-state index is -1.95. The minimum absolute atomic E-state index is 0.757. The van der Waals surface area contributed by atoms with Crippen molar-refractivity contribution in [1.29, 1.82) is 0 Å². The van der Waals surface area contributed by atoms with Crippen molar-refractivity contribution < 1.29 is 8.85 Å². The van der Waals surface area contributed by atoms with Crippen LogP contribution in [0.5, 0.6) is 0 Å². The van der Waals surface area contributed by atoms with Crippen LogP contribution in [-0.2, 0) is 8.85 Å². The molecule has 0 aromatic rings. The molecule has 2 aliphatic carbocycles. The molecule has 0 atom stereocenters. The van der Waals surface area contributed by atoms with Gasteiger partial charge in [-0.2, -0.15) is 0 Å². The average molecular weight is 299 g/mol. The van der Waals surface area contributed by atoms with Crippen molar-refractivity contribution in [1.82, 2.24) is 0 Å². The molecule has 2 fully saturated rings. The minimum Gasteiger partial charge on any atom is -0.394 e. The van der Waals surface area contributed by atoms with E-state index in [0.717, 1.165) is 24.3 Å². The van der Waals surface area contributed by atoms with E-state index in [-0.39, 0.29) is 0 Å². The summed E-state index contributed by atoms with van der Waals surface area (Å²) in [5.74, 6) is 0. The maximum Gasteiger partial charge on any atom is 0.344 e. The van der Waals surface area contributed by atoms with Crippen LogP contribution >= 0.6 is 0 Å². The van der Waals surface area contributed by atoms with Gasteiger partial charge < -0.3 is 8.85 Å². The molecule has 3 heteroatoms. The molecule has 2 aliphatic rings. The predicted octanol–water partition coefficient (Wildman–Crippen LogP) is 5.56. The van der Waals surface area contributed by atoms with Gasteiger partial charge in [0.05, 0.1) is 0 Å². The first-order chi connectivity index (χ1) is 9.83. The zero-order valence-electron chi connectivity index (χ0n) is 13.7. The Bertz CT molecular complexity index is 250. The molecule has 20 heavy (non-hydrogen) atoms. The van der Waals surface area contributed by atoms with E-state index >= 15 is 0 Å². The fourth-order valence-electron chi connectivity index (χ4n) is 4.00. The molecule has 0 heterocycles. The Morgan fingerprint density at radius 3 is 1.45 bits per heavy atom. The van der Waals surface area contributed by atoms with Gasteiger partial charge in [0.15, 0.2) is 0 Å². The summed E-state index contributed by atoms with van der Waals surface area (Å²) in [5, 5.41) is 0. The molecule has 2 saturated carbocycles. The Labute approximate surface area is 126 Å². The van der Waals surface area contributed by atoms with Crippen LogP contribution in [0.1, 0.15) is 84.5 Å². The molecule has 0 aromatic carbocycles. The van der Waals surface area contributed by atoms with Gasteiger partial charge in [0, 0.05) is 24.3 Å². The zero-order chi connectivity index (χ0) is 14.3. The fourth-order valence-corrected chi connectivity index (χ4v) is 8.77. The van der Waals surface area contributed by atoms with E-state index in [1.165, 1.54) is 70.6 Å². The fraction of sp³-hybridized carbons (Fsp3) is 1.00. The molecule has 0 spiro atoms. The summed E-state index contributed by atoms with van der Waals surface area (Å²) < 4.78 is 12.8. The van der Waals surface area contributed by atoms with Gasteiger partial charge in [-0.25, -0.2) is 0 Å². The zero-order valence-corrected chi connectivity index (χ0v) is 14.7. The highest BCUT2D eigenvalue weighted by molar-refractivity contribution is 6.71. The number of hydrogen-bond donors (Lipinski definition) is 0. The predicted molar refractivity (Wildman–Crippen MR) is 87.3 cm³/mol. The second-order valence-electron chi connectivity index (χ2n) is 6.61. The van der Waals surface area contributed by atoms with Crippen molar-refractivity contribution in [3.63, 3.8) is 0 Å². The summed E-state index contributed by atoms with van der Waals surface area (Å²) in [7, 11) is -1.95. The Morgan fingerprint density at radius 2 is 1.05 bits per heavy atom. The van der Waals surface area contributed by atoms with E-state index in [1.54, 1.807) is 0 Å². The molecule has 0 aromatic heterocycles. The molecule has 0 amide bonds. The maximum atomic E-state index is 6.42. The summed E-state index contributed by atoms with van der Waals surface area (Å²) in [4.78, 5) is 0.